The van der Waals surface area contributed by atoms with Crippen LogP contribution in [0.3, 0.4) is 0 Å². The van der Waals surface area contributed by atoms with Crippen LogP contribution in [-0.2, 0) is 9.47 Å². The van der Waals surface area contributed by atoms with Gasteiger partial charge in [0.25, 0.3) is 0 Å². The van der Waals surface area contributed by atoms with E-state index in [4.69, 9.17) is 15.9 Å². The molecule has 1 unspecified atom stereocenters. The maximum Gasteiger partial charge on any atom is 0.155 e. The molecular weight excluding hydrogens is 152 g/mol. The van der Waals surface area contributed by atoms with Gasteiger partial charge in [0.1, 0.15) is 0 Å². The van der Waals surface area contributed by atoms with Crippen LogP contribution < -0.4 is 0 Å². The van der Waals surface area contributed by atoms with Gasteiger partial charge in [0, 0.05) is 6.61 Å². The third kappa shape index (κ3) is 5.96. The summed E-state index contributed by atoms with van der Waals surface area (Å²) in [6.07, 6.45) is 6.84. The maximum absolute atomic E-state index is 5.26. The lowest BCUT2D eigenvalue weighted by molar-refractivity contribution is -0.118. The van der Waals surface area contributed by atoms with Crippen LogP contribution in [0, 0.1) is 12.3 Å². The predicted molar refractivity (Wildman–Crippen MR) is 49.6 cm³/mol. The number of allylic oxidation sites excluding steroid dienone is 1. The lowest BCUT2D eigenvalue weighted by Crippen LogP contribution is -2.12. The fraction of sp³-hybridized carbons (Fsp3) is 0.600. The van der Waals surface area contributed by atoms with Crippen LogP contribution in [0.5, 0.6) is 0 Å². The predicted octanol–water partition coefficient (Wildman–Crippen LogP) is 1.97. The molecule has 0 aromatic rings. The van der Waals surface area contributed by atoms with Gasteiger partial charge >= 0.3 is 0 Å². The molecule has 2 nitrogen and oxygen atoms in total. The van der Waals surface area contributed by atoms with Crippen molar-refractivity contribution in [2.75, 3.05) is 13.2 Å². The van der Waals surface area contributed by atoms with E-state index >= 15 is 0 Å². The summed E-state index contributed by atoms with van der Waals surface area (Å²) in [6.45, 7) is 6.84. The standard InChI is InChI=1S/C10H16O2/c1-5-9(3)7-8-12-10(4)11-6-2/h1,7,10H,6,8H2,2-4H3. The van der Waals surface area contributed by atoms with Crippen molar-refractivity contribution in [3.63, 3.8) is 0 Å². The molecule has 0 bridgehead atoms. The van der Waals surface area contributed by atoms with Gasteiger partial charge in [-0.25, -0.2) is 0 Å². The monoisotopic (exact) mass is 168 g/mol. The second-order valence-corrected chi connectivity index (χ2v) is 2.39. The fourth-order valence-electron chi connectivity index (χ4n) is 0.650. The van der Waals surface area contributed by atoms with Crippen molar-refractivity contribution in [2.24, 2.45) is 0 Å². The van der Waals surface area contributed by atoms with E-state index in [-0.39, 0.29) is 6.29 Å². The van der Waals surface area contributed by atoms with Gasteiger partial charge in [0.05, 0.1) is 6.61 Å². The SMILES string of the molecule is C#CC(C)=CCOC(C)OCC. The zero-order chi connectivity index (χ0) is 9.40. The molecule has 0 aliphatic carbocycles. The summed E-state index contributed by atoms with van der Waals surface area (Å²) in [5.74, 6) is 2.51. The minimum atomic E-state index is -0.156. The Labute approximate surface area is 74.6 Å². The fourth-order valence-corrected chi connectivity index (χ4v) is 0.650. The van der Waals surface area contributed by atoms with Crippen LogP contribution in [0.25, 0.3) is 0 Å². The lowest BCUT2D eigenvalue weighted by Gasteiger charge is -2.10. The largest absolute Gasteiger partial charge is 0.353 e. The molecule has 0 aromatic heterocycles. The molecule has 0 saturated heterocycles. The van der Waals surface area contributed by atoms with Crippen LogP contribution >= 0.6 is 0 Å². The first-order valence-corrected chi connectivity index (χ1v) is 4.07. The average Bonchev–Trinajstić information content (AvgIpc) is 2.04. The Kier molecular flexibility index (Phi) is 6.45. The molecule has 0 N–H and O–H groups in total. The topological polar surface area (TPSA) is 18.5 Å². The summed E-state index contributed by atoms with van der Waals surface area (Å²) in [5.41, 5.74) is 0.888. The van der Waals surface area contributed by atoms with E-state index in [0.29, 0.717) is 13.2 Å². The van der Waals surface area contributed by atoms with Gasteiger partial charge in [-0.1, -0.05) is 5.92 Å². The smallest absolute Gasteiger partial charge is 0.155 e. The van der Waals surface area contributed by atoms with Gasteiger partial charge in [-0.15, -0.1) is 6.42 Å². The normalized spacial score (nSPS) is 14.0. The van der Waals surface area contributed by atoms with Crippen molar-refractivity contribution in [1.29, 1.82) is 0 Å². The summed E-state index contributed by atoms with van der Waals surface area (Å²) in [6, 6.07) is 0. The Morgan fingerprint density at radius 2 is 2.25 bits per heavy atom. The van der Waals surface area contributed by atoms with E-state index in [1.807, 2.05) is 26.8 Å². The highest BCUT2D eigenvalue weighted by Gasteiger charge is 1.97. The van der Waals surface area contributed by atoms with Gasteiger partial charge in [-0.2, -0.15) is 0 Å². The van der Waals surface area contributed by atoms with Crippen molar-refractivity contribution >= 4 is 0 Å². The zero-order valence-corrected chi connectivity index (χ0v) is 7.96. The summed E-state index contributed by atoms with van der Waals surface area (Å²) in [4.78, 5) is 0. The Morgan fingerprint density at radius 1 is 1.58 bits per heavy atom. The van der Waals surface area contributed by atoms with E-state index in [1.54, 1.807) is 0 Å². The molecule has 0 radical (unpaired) electrons. The average molecular weight is 168 g/mol. The van der Waals surface area contributed by atoms with Gasteiger partial charge < -0.3 is 9.47 Å². The Bertz CT molecular complexity index is 177. The molecule has 0 rings (SSSR count). The first kappa shape index (κ1) is 11.2. The van der Waals surface area contributed by atoms with Crippen LogP contribution in [0.2, 0.25) is 0 Å². The number of hydrogen-bond donors (Lipinski definition) is 0. The second kappa shape index (κ2) is 6.90. The van der Waals surface area contributed by atoms with E-state index in [2.05, 4.69) is 5.92 Å². The van der Waals surface area contributed by atoms with Gasteiger partial charge in [-0.3, -0.25) is 0 Å². The van der Waals surface area contributed by atoms with E-state index in [0.717, 1.165) is 5.57 Å². The van der Waals surface area contributed by atoms with E-state index < -0.39 is 0 Å². The minimum Gasteiger partial charge on any atom is -0.353 e. The van der Waals surface area contributed by atoms with E-state index in [9.17, 15) is 0 Å². The maximum atomic E-state index is 5.26. The van der Waals surface area contributed by atoms with Gasteiger partial charge in [-0.05, 0) is 32.4 Å². The lowest BCUT2D eigenvalue weighted by atomic mass is 10.3. The van der Waals surface area contributed by atoms with Crippen molar-refractivity contribution in [2.45, 2.75) is 27.1 Å². The van der Waals surface area contributed by atoms with Crippen LogP contribution in [-0.4, -0.2) is 19.5 Å². The van der Waals surface area contributed by atoms with E-state index in [1.165, 1.54) is 0 Å². The first-order valence-electron chi connectivity index (χ1n) is 4.07. The summed E-state index contributed by atoms with van der Waals surface area (Å²) in [5, 5.41) is 0. The van der Waals surface area contributed by atoms with Crippen molar-refractivity contribution < 1.29 is 9.47 Å². The minimum absolute atomic E-state index is 0.156. The van der Waals surface area contributed by atoms with Crippen molar-refractivity contribution in [1.82, 2.24) is 0 Å². The summed E-state index contributed by atoms with van der Waals surface area (Å²) in [7, 11) is 0. The Hall–Kier alpha value is -0.780. The molecule has 68 valence electrons. The first-order chi connectivity index (χ1) is 5.70. The Balaban J connectivity index is 3.50. The van der Waals surface area contributed by atoms with Crippen LogP contribution in [0.4, 0.5) is 0 Å². The van der Waals surface area contributed by atoms with Crippen LogP contribution in [0.15, 0.2) is 11.6 Å². The molecule has 0 heterocycles. The molecule has 0 aliphatic heterocycles. The molecule has 0 amide bonds. The van der Waals surface area contributed by atoms with Gasteiger partial charge in [0.15, 0.2) is 6.29 Å². The molecule has 0 aliphatic rings. The molecule has 0 spiro atoms. The number of rotatable bonds is 5. The number of ether oxygens (including phenoxy) is 2. The molecule has 2 heteroatoms. The molecule has 12 heavy (non-hydrogen) atoms. The second-order valence-electron chi connectivity index (χ2n) is 2.39. The molecular formula is C10H16O2. The molecule has 0 fully saturated rings. The third-order valence-corrected chi connectivity index (χ3v) is 1.35. The molecule has 1 atom stereocenters. The summed E-state index contributed by atoms with van der Waals surface area (Å²) < 4.78 is 10.4. The quantitative estimate of drug-likeness (QED) is 0.461. The third-order valence-electron chi connectivity index (χ3n) is 1.35. The highest BCUT2D eigenvalue weighted by atomic mass is 16.7. The highest BCUT2D eigenvalue weighted by Crippen LogP contribution is 1.95. The van der Waals surface area contributed by atoms with Crippen molar-refractivity contribution in [3.05, 3.63) is 11.6 Å². The number of hydrogen-bond acceptors (Lipinski definition) is 2. The van der Waals surface area contributed by atoms with Crippen molar-refractivity contribution in [3.8, 4) is 12.3 Å². The molecule has 0 saturated carbocycles. The van der Waals surface area contributed by atoms with Crippen LogP contribution in [0.1, 0.15) is 20.8 Å². The zero-order valence-electron chi connectivity index (χ0n) is 7.96. The Morgan fingerprint density at radius 3 is 2.75 bits per heavy atom. The van der Waals surface area contributed by atoms with Gasteiger partial charge in [0.2, 0.25) is 0 Å². The molecule has 0 aromatic carbocycles. The summed E-state index contributed by atoms with van der Waals surface area (Å²) >= 11 is 0. The highest BCUT2D eigenvalue weighted by molar-refractivity contribution is 5.22. The number of terminal acetylenes is 1.